The fourth-order valence-electron chi connectivity index (χ4n) is 1.92. The van der Waals surface area contributed by atoms with Gasteiger partial charge in [0.05, 0.1) is 0 Å². The number of hydrogen-bond acceptors (Lipinski definition) is 2. The van der Waals surface area contributed by atoms with Crippen LogP contribution in [0.4, 0.5) is 5.69 Å². The first-order chi connectivity index (χ1) is 7.40. The number of rotatable bonds is 3. The van der Waals surface area contributed by atoms with Gasteiger partial charge in [0.15, 0.2) is 0 Å². The van der Waals surface area contributed by atoms with Crippen LogP contribution in [-0.4, -0.2) is 19.4 Å². The summed E-state index contributed by atoms with van der Waals surface area (Å²) in [5.41, 5.74) is 2.36. The average Bonchev–Trinajstić information content (AvgIpc) is 2.80. The third kappa shape index (κ3) is 2.46. The molecule has 1 saturated heterocycles. The van der Waals surface area contributed by atoms with E-state index >= 15 is 0 Å². The molecule has 2 nitrogen and oxygen atoms in total. The molecule has 15 heavy (non-hydrogen) atoms. The van der Waals surface area contributed by atoms with Gasteiger partial charge in [-0.25, -0.2) is 0 Å². The van der Waals surface area contributed by atoms with Gasteiger partial charge >= 0.3 is 0 Å². The maximum absolute atomic E-state index is 10.2. The lowest BCUT2D eigenvalue weighted by atomic mass is 10.2. The SMILES string of the molecule is O=CC=Cc1ccc(N2CCCC2)cc1. The molecule has 0 aromatic heterocycles. The van der Waals surface area contributed by atoms with Gasteiger partial charge in [-0.15, -0.1) is 0 Å². The molecule has 0 radical (unpaired) electrons. The van der Waals surface area contributed by atoms with Crippen molar-refractivity contribution < 1.29 is 4.79 Å². The molecule has 0 N–H and O–H groups in total. The van der Waals surface area contributed by atoms with Gasteiger partial charge in [0, 0.05) is 18.8 Å². The molecule has 1 aromatic rings. The molecule has 1 fully saturated rings. The highest BCUT2D eigenvalue weighted by atomic mass is 16.1. The lowest BCUT2D eigenvalue weighted by Gasteiger charge is -2.17. The minimum Gasteiger partial charge on any atom is -0.372 e. The van der Waals surface area contributed by atoms with E-state index in [1.807, 2.05) is 18.2 Å². The van der Waals surface area contributed by atoms with Crippen molar-refractivity contribution in [2.75, 3.05) is 18.0 Å². The van der Waals surface area contributed by atoms with Crippen LogP contribution in [-0.2, 0) is 4.79 Å². The molecule has 2 heteroatoms. The minimum atomic E-state index is 0.800. The van der Waals surface area contributed by atoms with Gasteiger partial charge in [0.25, 0.3) is 0 Å². The Hall–Kier alpha value is -1.57. The highest BCUT2D eigenvalue weighted by molar-refractivity contribution is 5.74. The van der Waals surface area contributed by atoms with E-state index in [1.54, 1.807) is 0 Å². The zero-order valence-corrected chi connectivity index (χ0v) is 8.73. The van der Waals surface area contributed by atoms with Gasteiger partial charge in [-0.3, -0.25) is 4.79 Å². The summed E-state index contributed by atoms with van der Waals surface area (Å²) in [4.78, 5) is 12.6. The van der Waals surface area contributed by atoms with E-state index in [1.165, 1.54) is 37.7 Å². The fourth-order valence-corrected chi connectivity index (χ4v) is 1.92. The summed E-state index contributed by atoms with van der Waals surface area (Å²) in [6, 6.07) is 8.34. The van der Waals surface area contributed by atoms with Crippen molar-refractivity contribution >= 4 is 18.0 Å². The van der Waals surface area contributed by atoms with E-state index in [2.05, 4.69) is 17.0 Å². The molecule has 2 rings (SSSR count). The Balaban J connectivity index is 2.09. The number of carbonyl (C=O) groups excluding carboxylic acids is 1. The molecule has 0 atom stereocenters. The zero-order valence-electron chi connectivity index (χ0n) is 8.73. The normalized spacial score (nSPS) is 16.1. The maximum atomic E-state index is 10.2. The zero-order chi connectivity index (χ0) is 10.5. The number of carbonyl (C=O) groups is 1. The number of benzene rings is 1. The highest BCUT2D eigenvalue weighted by Gasteiger charge is 2.11. The molecule has 1 heterocycles. The van der Waals surface area contributed by atoms with Crippen molar-refractivity contribution in [2.45, 2.75) is 12.8 Å². The van der Waals surface area contributed by atoms with Crippen LogP contribution in [0.1, 0.15) is 18.4 Å². The van der Waals surface area contributed by atoms with Crippen LogP contribution in [0.25, 0.3) is 6.08 Å². The second-order valence-electron chi connectivity index (χ2n) is 3.78. The predicted octanol–water partition coefficient (Wildman–Crippen LogP) is 2.50. The van der Waals surface area contributed by atoms with Crippen molar-refractivity contribution in [2.24, 2.45) is 0 Å². The summed E-state index contributed by atoms with van der Waals surface area (Å²) in [6.07, 6.45) is 6.74. The molecule has 78 valence electrons. The largest absolute Gasteiger partial charge is 0.372 e. The highest BCUT2D eigenvalue weighted by Crippen LogP contribution is 2.20. The Bertz CT molecular complexity index is 347. The van der Waals surface area contributed by atoms with Gasteiger partial charge in [-0.05, 0) is 36.6 Å². The number of nitrogens with zero attached hydrogens (tertiary/aromatic N) is 1. The molecule has 1 aliphatic rings. The molecule has 0 amide bonds. The van der Waals surface area contributed by atoms with Gasteiger partial charge in [0.1, 0.15) is 6.29 Å². The van der Waals surface area contributed by atoms with E-state index in [-0.39, 0.29) is 0 Å². The second kappa shape index (κ2) is 4.78. The van der Waals surface area contributed by atoms with Crippen molar-refractivity contribution in [3.05, 3.63) is 35.9 Å². The molecule has 0 bridgehead atoms. The van der Waals surface area contributed by atoms with Crippen LogP contribution < -0.4 is 4.90 Å². The van der Waals surface area contributed by atoms with Gasteiger partial charge in [-0.1, -0.05) is 18.2 Å². The summed E-state index contributed by atoms with van der Waals surface area (Å²) >= 11 is 0. The van der Waals surface area contributed by atoms with E-state index in [4.69, 9.17) is 0 Å². The summed E-state index contributed by atoms with van der Waals surface area (Å²) < 4.78 is 0. The summed E-state index contributed by atoms with van der Waals surface area (Å²) in [5.74, 6) is 0. The third-order valence-corrected chi connectivity index (χ3v) is 2.73. The average molecular weight is 201 g/mol. The molecule has 0 spiro atoms. The van der Waals surface area contributed by atoms with E-state index in [9.17, 15) is 4.79 Å². The Morgan fingerprint density at radius 1 is 1.07 bits per heavy atom. The third-order valence-electron chi connectivity index (χ3n) is 2.73. The van der Waals surface area contributed by atoms with Crippen molar-refractivity contribution in [1.82, 2.24) is 0 Å². The van der Waals surface area contributed by atoms with Crippen LogP contribution >= 0.6 is 0 Å². The van der Waals surface area contributed by atoms with Crippen LogP contribution in [0.3, 0.4) is 0 Å². The van der Waals surface area contributed by atoms with Crippen molar-refractivity contribution in [1.29, 1.82) is 0 Å². The summed E-state index contributed by atoms with van der Waals surface area (Å²) in [5, 5.41) is 0. The Kier molecular flexibility index (Phi) is 3.18. The number of aldehydes is 1. The maximum Gasteiger partial charge on any atom is 0.142 e. The van der Waals surface area contributed by atoms with Crippen LogP contribution in [0.5, 0.6) is 0 Å². The van der Waals surface area contributed by atoms with E-state index in [0.29, 0.717) is 0 Å². The van der Waals surface area contributed by atoms with Crippen LogP contribution in [0.2, 0.25) is 0 Å². The number of allylic oxidation sites excluding steroid dienone is 1. The standard InChI is InChI=1S/C13H15NO/c15-11-3-4-12-5-7-13(8-6-12)14-9-1-2-10-14/h3-8,11H,1-2,9-10H2. The summed E-state index contributed by atoms with van der Waals surface area (Å²) in [6.45, 7) is 2.34. The molecule has 1 aromatic carbocycles. The smallest absolute Gasteiger partial charge is 0.142 e. The molecule has 0 saturated carbocycles. The first-order valence-corrected chi connectivity index (χ1v) is 5.37. The van der Waals surface area contributed by atoms with Crippen LogP contribution in [0.15, 0.2) is 30.3 Å². The minimum absolute atomic E-state index is 0.800. The monoisotopic (exact) mass is 201 g/mol. The Morgan fingerprint density at radius 3 is 2.33 bits per heavy atom. The topological polar surface area (TPSA) is 20.3 Å². The second-order valence-corrected chi connectivity index (χ2v) is 3.78. The first kappa shape index (κ1) is 9.97. The molecular formula is C13H15NO. The quantitative estimate of drug-likeness (QED) is 0.553. The van der Waals surface area contributed by atoms with Crippen molar-refractivity contribution in [3.63, 3.8) is 0 Å². The predicted molar refractivity (Wildman–Crippen MR) is 63.0 cm³/mol. The first-order valence-electron chi connectivity index (χ1n) is 5.37. The van der Waals surface area contributed by atoms with Gasteiger partial charge < -0.3 is 4.90 Å². The van der Waals surface area contributed by atoms with Gasteiger partial charge in [0.2, 0.25) is 0 Å². The lowest BCUT2D eigenvalue weighted by Crippen LogP contribution is -2.17. The lowest BCUT2D eigenvalue weighted by molar-refractivity contribution is -0.104. The summed E-state index contributed by atoms with van der Waals surface area (Å²) in [7, 11) is 0. The molecule has 0 unspecified atom stereocenters. The Labute approximate surface area is 90.2 Å². The number of hydrogen-bond donors (Lipinski definition) is 0. The van der Waals surface area contributed by atoms with E-state index in [0.717, 1.165) is 11.8 Å². The molecular weight excluding hydrogens is 186 g/mol. The molecule has 0 aliphatic carbocycles. The molecule has 1 aliphatic heterocycles. The van der Waals surface area contributed by atoms with Crippen LogP contribution in [0, 0.1) is 0 Å². The van der Waals surface area contributed by atoms with Crippen molar-refractivity contribution in [3.8, 4) is 0 Å². The van der Waals surface area contributed by atoms with E-state index < -0.39 is 0 Å². The Morgan fingerprint density at radius 2 is 1.73 bits per heavy atom. The van der Waals surface area contributed by atoms with Gasteiger partial charge in [-0.2, -0.15) is 0 Å². The number of anilines is 1. The fraction of sp³-hybridized carbons (Fsp3) is 0.308.